The molecule has 0 bridgehead atoms. The van der Waals surface area contributed by atoms with Gasteiger partial charge in [-0.05, 0) is 51.2 Å². The van der Waals surface area contributed by atoms with Gasteiger partial charge in [-0.1, -0.05) is 24.6 Å². The molecule has 0 saturated carbocycles. The van der Waals surface area contributed by atoms with Gasteiger partial charge in [0.2, 0.25) is 0 Å². The van der Waals surface area contributed by atoms with E-state index in [9.17, 15) is 0 Å². The SMILES string of the molecule is CCOc1c(C)cc(C)cc1CCC1OC1CC. The Morgan fingerprint density at radius 1 is 1.17 bits per heavy atom. The zero-order chi connectivity index (χ0) is 13.1. The predicted molar refractivity (Wildman–Crippen MR) is 74.4 cm³/mol. The van der Waals surface area contributed by atoms with E-state index in [0.29, 0.717) is 12.2 Å². The van der Waals surface area contributed by atoms with Crippen molar-refractivity contribution < 1.29 is 9.47 Å². The van der Waals surface area contributed by atoms with Gasteiger partial charge in [-0.25, -0.2) is 0 Å². The van der Waals surface area contributed by atoms with Gasteiger partial charge in [0.1, 0.15) is 5.75 Å². The molecule has 2 atom stereocenters. The largest absolute Gasteiger partial charge is 0.493 e. The fourth-order valence-corrected chi connectivity index (χ4v) is 2.67. The second-order valence-corrected chi connectivity index (χ2v) is 5.16. The van der Waals surface area contributed by atoms with Crippen LogP contribution in [-0.4, -0.2) is 18.8 Å². The molecule has 2 nitrogen and oxygen atoms in total. The van der Waals surface area contributed by atoms with Gasteiger partial charge in [-0.15, -0.1) is 0 Å². The third-order valence-electron chi connectivity index (χ3n) is 3.57. The van der Waals surface area contributed by atoms with Crippen molar-refractivity contribution in [3.05, 3.63) is 28.8 Å². The molecule has 0 N–H and O–H groups in total. The summed E-state index contributed by atoms with van der Waals surface area (Å²) < 4.78 is 11.4. The van der Waals surface area contributed by atoms with Crippen LogP contribution in [0.3, 0.4) is 0 Å². The van der Waals surface area contributed by atoms with Crippen LogP contribution in [0.4, 0.5) is 0 Å². The first kappa shape index (κ1) is 13.4. The highest BCUT2D eigenvalue weighted by Crippen LogP contribution is 2.32. The predicted octanol–water partition coefficient (Wildman–Crippen LogP) is 3.81. The molecule has 1 saturated heterocycles. The summed E-state index contributed by atoms with van der Waals surface area (Å²) in [7, 11) is 0. The summed E-state index contributed by atoms with van der Waals surface area (Å²) in [5.74, 6) is 1.08. The van der Waals surface area contributed by atoms with E-state index in [2.05, 4.69) is 32.9 Å². The Balaban J connectivity index is 2.05. The molecule has 2 unspecified atom stereocenters. The van der Waals surface area contributed by atoms with Gasteiger partial charge in [-0.2, -0.15) is 0 Å². The highest BCUT2D eigenvalue weighted by Gasteiger charge is 2.36. The Kier molecular flexibility index (Phi) is 4.28. The van der Waals surface area contributed by atoms with E-state index in [-0.39, 0.29) is 0 Å². The van der Waals surface area contributed by atoms with E-state index in [4.69, 9.17) is 9.47 Å². The number of rotatable bonds is 6. The molecule has 1 aromatic carbocycles. The molecule has 1 aliphatic rings. The minimum absolute atomic E-state index is 0.477. The van der Waals surface area contributed by atoms with Crippen LogP contribution in [0.25, 0.3) is 0 Å². The maximum absolute atomic E-state index is 5.79. The fourth-order valence-electron chi connectivity index (χ4n) is 2.67. The zero-order valence-corrected chi connectivity index (χ0v) is 12.0. The van der Waals surface area contributed by atoms with E-state index >= 15 is 0 Å². The zero-order valence-electron chi connectivity index (χ0n) is 12.0. The molecule has 1 aromatic rings. The second-order valence-electron chi connectivity index (χ2n) is 5.16. The Morgan fingerprint density at radius 3 is 2.56 bits per heavy atom. The van der Waals surface area contributed by atoms with Crippen LogP contribution >= 0.6 is 0 Å². The summed E-state index contributed by atoms with van der Waals surface area (Å²) in [6.07, 6.45) is 4.29. The standard InChI is InChI=1S/C16H24O2/c1-5-14-15(18-14)8-7-13-10-11(3)9-12(4)16(13)17-6-2/h9-10,14-15H,5-8H2,1-4H3. The lowest BCUT2D eigenvalue weighted by atomic mass is 10.00. The van der Waals surface area contributed by atoms with E-state index in [1.807, 2.05) is 6.92 Å². The second kappa shape index (κ2) is 5.75. The molecule has 100 valence electrons. The molecule has 0 aromatic heterocycles. The van der Waals surface area contributed by atoms with E-state index in [1.165, 1.54) is 16.7 Å². The van der Waals surface area contributed by atoms with Crippen molar-refractivity contribution in [2.45, 2.75) is 59.2 Å². The van der Waals surface area contributed by atoms with Crippen LogP contribution in [0.1, 0.15) is 43.4 Å². The number of hydrogen-bond donors (Lipinski definition) is 0. The quantitative estimate of drug-likeness (QED) is 0.714. The van der Waals surface area contributed by atoms with Gasteiger partial charge < -0.3 is 9.47 Å². The maximum Gasteiger partial charge on any atom is 0.125 e. The molecule has 2 rings (SSSR count). The summed E-state index contributed by atoms with van der Waals surface area (Å²) in [6.45, 7) is 9.24. The number of benzene rings is 1. The summed E-state index contributed by atoms with van der Waals surface area (Å²) in [4.78, 5) is 0. The number of ether oxygens (including phenoxy) is 2. The summed E-state index contributed by atoms with van der Waals surface area (Å²) in [5.41, 5.74) is 3.89. The number of aryl methyl sites for hydroxylation is 3. The van der Waals surface area contributed by atoms with Crippen molar-refractivity contribution in [2.24, 2.45) is 0 Å². The van der Waals surface area contributed by atoms with Crippen molar-refractivity contribution in [3.8, 4) is 5.75 Å². The van der Waals surface area contributed by atoms with Crippen LogP contribution in [0.5, 0.6) is 5.75 Å². The smallest absolute Gasteiger partial charge is 0.125 e. The van der Waals surface area contributed by atoms with Gasteiger partial charge in [0.15, 0.2) is 0 Å². The molecule has 18 heavy (non-hydrogen) atoms. The minimum atomic E-state index is 0.477. The van der Waals surface area contributed by atoms with E-state index < -0.39 is 0 Å². The lowest BCUT2D eigenvalue weighted by molar-refractivity contribution is 0.331. The third-order valence-corrected chi connectivity index (χ3v) is 3.57. The Bertz CT molecular complexity index is 412. The van der Waals surface area contributed by atoms with Crippen LogP contribution in [0.2, 0.25) is 0 Å². The molecule has 1 fully saturated rings. The van der Waals surface area contributed by atoms with Crippen LogP contribution in [0, 0.1) is 13.8 Å². The van der Waals surface area contributed by atoms with Crippen molar-refractivity contribution in [2.75, 3.05) is 6.61 Å². The van der Waals surface area contributed by atoms with E-state index in [0.717, 1.165) is 31.6 Å². The molecule has 1 heterocycles. The minimum Gasteiger partial charge on any atom is -0.493 e. The topological polar surface area (TPSA) is 21.8 Å². The first-order valence-corrected chi connectivity index (χ1v) is 7.04. The summed E-state index contributed by atoms with van der Waals surface area (Å²) in [6, 6.07) is 4.44. The van der Waals surface area contributed by atoms with E-state index in [1.54, 1.807) is 0 Å². The molecular weight excluding hydrogens is 224 g/mol. The first-order valence-electron chi connectivity index (χ1n) is 7.04. The molecule has 0 aliphatic carbocycles. The summed E-state index contributed by atoms with van der Waals surface area (Å²) >= 11 is 0. The van der Waals surface area contributed by atoms with Crippen LogP contribution < -0.4 is 4.74 Å². The fraction of sp³-hybridized carbons (Fsp3) is 0.625. The highest BCUT2D eigenvalue weighted by molar-refractivity contribution is 5.44. The highest BCUT2D eigenvalue weighted by atomic mass is 16.6. The van der Waals surface area contributed by atoms with Gasteiger partial charge >= 0.3 is 0 Å². The Labute approximate surface area is 110 Å². The van der Waals surface area contributed by atoms with Crippen molar-refractivity contribution in [1.29, 1.82) is 0 Å². The number of hydrogen-bond acceptors (Lipinski definition) is 2. The molecule has 1 aliphatic heterocycles. The molecule has 0 radical (unpaired) electrons. The van der Waals surface area contributed by atoms with Gasteiger partial charge in [0.05, 0.1) is 18.8 Å². The van der Waals surface area contributed by atoms with Gasteiger partial charge in [0.25, 0.3) is 0 Å². The van der Waals surface area contributed by atoms with Gasteiger partial charge in [0, 0.05) is 0 Å². The normalized spacial score (nSPS) is 22.0. The first-order chi connectivity index (χ1) is 8.65. The molecular formula is C16H24O2. The molecule has 0 amide bonds. The maximum atomic E-state index is 5.79. The van der Waals surface area contributed by atoms with Crippen LogP contribution in [-0.2, 0) is 11.2 Å². The van der Waals surface area contributed by atoms with Crippen molar-refractivity contribution >= 4 is 0 Å². The molecule has 2 heteroatoms. The summed E-state index contributed by atoms with van der Waals surface area (Å²) in [5, 5.41) is 0. The average molecular weight is 248 g/mol. The number of epoxide rings is 1. The monoisotopic (exact) mass is 248 g/mol. The lowest BCUT2D eigenvalue weighted by Crippen LogP contribution is -2.02. The van der Waals surface area contributed by atoms with Crippen molar-refractivity contribution in [1.82, 2.24) is 0 Å². The van der Waals surface area contributed by atoms with Crippen molar-refractivity contribution in [3.63, 3.8) is 0 Å². The average Bonchev–Trinajstić information content (AvgIpc) is 3.09. The molecule has 0 spiro atoms. The lowest BCUT2D eigenvalue weighted by Gasteiger charge is -2.14. The van der Waals surface area contributed by atoms with Crippen LogP contribution in [0.15, 0.2) is 12.1 Å². The third kappa shape index (κ3) is 3.05. The Hall–Kier alpha value is -1.02. The Morgan fingerprint density at radius 2 is 1.94 bits per heavy atom. The van der Waals surface area contributed by atoms with Gasteiger partial charge in [-0.3, -0.25) is 0 Å².